The number of carbonyl (C=O) groups excluding carboxylic acids is 2. The van der Waals surface area contributed by atoms with Gasteiger partial charge in [0.15, 0.2) is 6.61 Å². The van der Waals surface area contributed by atoms with Gasteiger partial charge in [0.2, 0.25) is 0 Å². The highest BCUT2D eigenvalue weighted by atomic mass is 19.1. The zero-order chi connectivity index (χ0) is 16.8. The Bertz CT molecular complexity index is 540. The lowest BCUT2D eigenvalue weighted by Gasteiger charge is -2.35. The molecule has 1 fully saturated rings. The highest BCUT2D eigenvalue weighted by Gasteiger charge is 2.24. The first kappa shape index (κ1) is 17.1. The Morgan fingerprint density at radius 2 is 1.70 bits per heavy atom. The number of nitrogens with one attached hydrogen (secondary N) is 1. The highest BCUT2D eigenvalue weighted by molar-refractivity contribution is 5.79. The fourth-order valence-corrected chi connectivity index (χ4v) is 2.26. The van der Waals surface area contributed by atoms with Crippen molar-refractivity contribution in [3.8, 4) is 5.75 Å². The Morgan fingerprint density at radius 1 is 1.13 bits per heavy atom. The fraction of sp³-hybridized carbons (Fsp3) is 0.500. The quantitative estimate of drug-likeness (QED) is 0.913. The van der Waals surface area contributed by atoms with Crippen molar-refractivity contribution in [3.05, 3.63) is 30.1 Å². The van der Waals surface area contributed by atoms with Gasteiger partial charge in [-0.25, -0.2) is 9.18 Å². The number of amides is 3. The van der Waals surface area contributed by atoms with Crippen molar-refractivity contribution in [2.24, 2.45) is 0 Å². The van der Waals surface area contributed by atoms with Crippen LogP contribution in [0.15, 0.2) is 24.3 Å². The molecule has 6 nitrogen and oxygen atoms in total. The molecule has 1 aromatic rings. The number of hydrogen-bond donors (Lipinski definition) is 1. The molecule has 0 aliphatic carbocycles. The smallest absolute Gasteiger partial charge is 0.317 e. The van der Waals surface area contributed by atoms with E-state index in [0.29, 0.717) is 31.9 Å². The SMILES string of the molecule is CC(C)NC(=O)N1CCN(C(=O)COc2ccc(F)cc2)CC1. The molecule has 7 heteroatoms. The molecule has 3 amide bonds. The van der Waals surface area contributed by atoms with Crippen molar-refractivity contribution in [1.82, 2.24) is 15.1 Å². The van der Waals surface area contributed by atoms with E-state index in [2.05, 4.69) is 5.32 Å². The van der Waals surface area contributed by atoms with E-state index in [9.17, 15) is 14.0 Å². The molecule has 1 aliphatic rings. The van der Waals surface area contributed by atoms with Gasteiger partial charge >= 0.3 is 6.03 Å². The summed E-state index contributed by atoms with van der Waals surface area (Å²) in [4.78, 5) is 27.3. The van der Waals surface area contributed by atoms with Gasteiger partial charge in [-0.15, -0.1) is 0 Å². The second kappa shape index (κ2) is 7.80. The average Bonchev–Trinajstić information content (AvgIpc) is 2.53. The third-order valence-corrected chi connectivity index (χ3v) is 3.51. The van der Waals surface area contributed by atoms with E-state index in [4.69, 9.17) is 4.74 Å². The monoisotopic (exact) mass is 323 g/mol. The van der Waals surface area contributed by atoms with Crippen molar-refractivity contribution in [2.75, 3.05) is 32.8 Å². The summed E-state index contributed by atoms with van der Waals surface area (Å²) in [5.41, 5.74) is 0. The van der Waals surface area contributed by atoms with Crippen LogP contribution in [-0.2, 0) is 4.79 Å². The van der Waals surface area contributed by atoms with Crippen LogP contribution < -0.4 is 10.1 Å². The van der Waals surface area contributed by atoms with Gasteiger partial charge < -0.3 is 19.9 Å². The van der Waals surface area contributed by atoms with Crippen LogP contribution in [0.4, 0.5) is 9.18 Å². The van der Waals surface area contributed by atoms with Crippen molar-refractivity contribution >= 4 is 11.9 Å². The van der Waals surface area contributed by atoms with Gasteiger partial charge in [0.05, 0.1) is 0 Å². The van der Waals surface area contributed by atoms with Crippen LogP contribution in [0.25, 0.3) is 0 Å². The van der Waals surface area contributed by atoms with Crippen molar-refractivity contribution in [2.45, 2.75) is 19.9 Å². The number of hydrogen-bond acceptors (Lipinski definition) is 3. The number of nitrogens with zero attached hydrogens (tertiary/aromatic N) is 2. The molecule has 23 heavy (non-hydrogen) atoms. The van der Waals surface area contributed by atoms with E-state index >= 15 is 0 Å². The van der Waals surface area contributed by atoms with Gasteiger partial charge in [0.25, 0.3) is 5.91 Å². The van der Waals surface area contributed by atoms with Gasteiger partial charge in [0, 0.05) is 32.2 Å². The van der Waals surface area contributed by atoms with E-state index in [1.165, 1.54) is 24.3 Å². The topological polar surface area (TPSA) is 61.9 Å². The zero-order valence-corrected chi connectivity index (χ0v) is 13.4. The maximum absolute atomic E-state index is 12.8. The molecular formula is C16H22FN3O3. The molecule has 0 saturated carbocycles. The molecule has 2 rings (SSSR count). The summed E-state index contributed by atoms with van der Waals surface area (Å²) in [6.45, 7) is 5.69. The lowest BCUT2D eigenvalue weighted by Crippen LogP contribution is -2.54. The molecule has 1 aliphatic heterocycles. The Hall–Kier alpha value is -2.31. The minimum absolute atomic E-state index is 0.0891. The maximum atomic E-state index is 12.8. The molecule has 0 spiro atoms. The minimum atomic E-state index is -0.348. The van der Waals surface area contributed by atoms with Crippen LogP contribution in [-0.4, -0.2) is 60.6 Å². The summed E-state index contributed by atoms with van der Waals surface area (Å²) in [6.07, 6.45) is 0. The summed E-state index contributed by atoms with van der Waals surface area (Å²) in [5, 5.41) is 2.84. The summed E-state index contributed by atoms with van der Waals surface area (Å²) < 4.78 is 18.1. The Kier molecular flexibility index (Phi) is 5.78. The van der Waals surface area contributed by atoms with Gasteiger partial charge in [0.1, 0.15) is 11.6 Å². The van der Waals surface area contributed by atoms with E-state index in [0.717, 1.165) is 0 Å². The molecule has 0 unspecified atom stereocenters. The number of halogens is 1. The van der Waals surface area contributed by atoms with Gasteiger partial charge in [-0.3, -0.25) is 4.79 Å². The van der Waals surface area contributed by atoms with Crippen LogP contribution in [0.5, 0.6) is 5.75 Å². The third kappa shape index (κ3) is 5.12. The molecule has 1 N–H and O–H groups in total. The van der Waals surface area contributed by atoms with Crippen LogP contribution in [0, 0.1) is 5.82 Å². The molecule has 0 atom stereocenters. The van der Waals surface area contributed by atoms with Crippen LogP contribution in [0.3, 0.4) is 0 Å². The van der Waals surface area contributed by atoms with Crippen LogP contribution in [0.2, 0.25) is 0 Å². The Morgan fingerprint density at radius 3 is 2.26 bits per heavy atom. The first-order valence-electron chi connectivity index (χ1n) is 7.67. The number of carbonyl (C=O) groups is 2. The predicted molar refractivity (Wildman–Crippen MR) is 83.7 cm³/mol. The van der Waals surface area contributed by atoms with Crippen molar-refractivity contribution < 1.29 is 18.7 Å². The minimum Gasteiger partial charge on any atom is -0.484 e. The lowest BCUT2D eigenvalue weighted by atomic mass is 10.3. The second-order valence-electron chi connectivity index (χ2n) is 5.71. The largest absolute Gasteiger partial charge is 0.484 e. The molecule has 126 valence electrons. The van der Waals surface area contributed by atoms with E-state index in [-0.39, 0.29) is 30.4 Å². The van der Waals surface area contributed by atoms with E-state index in [1.54, 1.807) is 9.80 Å². The van der Waals surface area contributed by atoms with Gasteiger partial charge in [-0.05, 0) is 38.1 Å². The predicted octanol–water partition coefficient (Wildman–Crippen LogP) is 1.47. The zero-order valence-electron chi connectivity index (χ0n) is 13.4. The maximum Gasteiger partial charge on any atom is 0.317 e. The summed E-state index contributed by atoms with van der Waals surface area (Å²) in [6, 6.07) is 5.52. The summed E-state index contributed by atoms with van der Waals surface area (Å²) in [7, 11) is 0. The van der Waals surface area contributed by atoms with Crippen molar-refractivity contribution in [3.63, 3.8) is 0 Å². The van der Waals surface area contributed by atoms with Gasteiger partial charge in [-0.2, -0.15) is 0 Å². The number of piperazine rings is 1. The standard InChI is InChI=1S/C16H22FN3O3/c1-12(2)18-16(22)20-9-7-19(8-10-20)15(21)11-23-14-5-3-13(17)4-6-14/h3-6,12H,7-11H2,1-2H3,(H,18,22). The summed E-state index contributed by atoms with van der Waals surface area (Å²) in [5.74, 6) is -0.0348. The van der Waals surface area contributed by atoms with Gasteiger partial charge in [-0.1, -0.05) is 0 Å². The lowest BCUT2D eigenvalue weighted by molar-refractivity contribution is -0.134. The molecule has 1 saturated heterocycles. The van der Waals surface area contributed by atoms with Crippen molar-refractivity contribution in [1.29, 1.82) is 0 Å². The fourth-order valence-electron chi connectivity index (χ4n) is 2.26. The first-order valence-corrected chi connectivity index (χ1v) is 7.67. The summed E-state index contributed by atoms with van der Waals surface area (Å²) >= 11 is 0. The number of urea groups is 1. The Balaban J connectivity index is 1.75. The molecule has 0 aromatic heterocycles. The van der Waals surface area contributed by atoms with E-state index < -0.39 is 0 Å². The normalized spacial score (nSPS) is 14.8. The number of rotatable bonds is 4. The van der Waals surface area contributed by atoms with Crippen LogP contribution >= 0.6 is 0 Å². The Labute approximate surface area is 135 Å². The third-order valence-electron chi connectivity index (χ3n) is 3.51. The number of ether oxygens (including phenoxy) is 1. The molecule has 1 aromatic carbocycles. The second-order valence-corrected chi connectivity index (χ2v) is 5.71. The number of benzene rings is 1. The average molecular weight is 323 g/mol. The molecule has 0 bridgehead atoms. The van der Waals surface area contributed by atoms with E-state index in [1.807, 2.05) is 13.8 Å². The molecule has 0 radical (unpaired) electrons. The first-order chi connectivity index (χ1) is 11.0. The van der Waals surface area contributed by atoms with Crippen LogP contribution in [0.1, 0.15) is 13.8 Å². The highest BCUT2D eigenvalue weighted by Crippen LogP contribution is 2.11. The molecular weight excluding hydrogens is 301 g/mol. The molecule has 1 heterocycles.